The van der Waals surface area contributed by atoms with Gasteiger partial charge in [-0.3, -0.25) is 4.79 Å². The number of Topliss-reactive ketones (excluding diaryl/α,β-unsaturated/α-hetero) is 1. The van der Waals surface area contributed by atoms with Crippen molar-refractivity contribution in [1.29, 1.82) is 0 Å². The molecule has 1 atom stereocenters. The standard InChI is InChI=1S/C28H25ClN2O5S/c29-23-14-13-20(17-25(23)37(34,35)31-15-7-2-8-16-31)28(33)36-27(19-9-3-1-4-10-19)26(32)22-18-30-24-12-6-5-11-21(22)24/h1,3-6,9-14,17-18,27,30H,2,7-8,15-16H2/t27-/m1/s1. The van der Waals surface area contributed by atoms with Crippen LogP contribution in [0.15, 0.2) is 83.9 Å². The zero-order valence-corrected chi connectivity index (χ0v) is 21.5. The summed E-state index contributed by atoms with van der Waals surface area (Å²) in [6, 6.07) is 20.1. The summed E-state index contributed by atoms with van der Waals surface area (Å²) in [5, 5.41) is 0.738. The molecule has 0 bridgehead atoms. The average molecular weight is 537 g/mol. The van der Waals surface area contributed by atoms with Crippen molar-refractivity contribution in [2.24, 2.45) is 0 Å². The topological polar surface area (TPSA) is 96.5 Å². The summed E-state index contributed by atoms with van der Waals surface area (Å²) >= 11 is 6.26. The Morgan fingerprint density at radius 3 is 2.38 bits per heavy atom. The Hall–Kier alpha value is -3.46. The summed E-state index contributed by atoms with van der Waals surface area (Å²) in [4.78, 5) is 29.9. The van der Waals surface area contributed by atoms with Crippen molar-refractivity contribution in [1.82, 2.24) is 9.29 Å². The molecule has 0 amide bonds. The second-order valence-electron chi connectivity index (χ2n) is 8.92. The number of carbonyl (C=O) groups excluding carboxylic acids is 2. The highest BCUT2D eigenvalue weighted by Gasteiger charge is 2.31. The van der Waals surface area contributed by atoms with Crippen LogP contribution >= 0.6 is 11.6 Å². The molecule has 7 nitrogen and oxygen atoms in total. The van der Waals surface area contributed by atoms with Crippen molar-refractivity contribution in [3.63, 3.8) is 0 Å². The Bertz CT molecular complexity index is 1560. The van der Waals surface area contributed by atoms with Gasteiger partial charge in [-0.15, -0.1) is 0 Å². The van der Waals surface area contributed by atoms with Gasteiger partial charge in [0.25, 0.3) is 0 Å². The number of hydrogen-bond donors (Lipinski definition) is 1. The molecule has 2 heterocycles. The predicted octanol–water partition coefficient (Wildman–Crippen LogP) is 5.78. The van der Waals surface area contributed by atoms with Gasteiger partial charge in [-0.25, -0.2) is 13.2 Å². The monoisotopic (exact) mass is 536 g/mol. The van der Waals surface area contributed by atoms with E-state index in [1.807, 2.05) is 24.3 Å². The maximum absolute atomic E-state index is 13.7. The van der Waals surface area contributed by atoms with E-state index in [4.69, 9.17) is 16.3 Å². The lowest BCUT2D eigenvalue weighted by Gasteiger charge is -2.26. The molecule has 0 radical (unpaired) electrons. The van der Waals surface area contributed by atoms with E-state index in [0.29, 0.717) is 29.6 Å². The number of ether oxygens (including phenoxy) is 1. The van der Waals surface area contributed by atoms with Crippen LogP contribution in [0.1, 0.15) is 51.6 Å². The number of carbonyl (C=O) groups is 2. The normalized spacial score (nSPS) is 15.4. The van der Waals surface area contributed by atoms with Crippen molar-refractivity contribution < 1.29 is 22.7 Å². The molecule has 5 rings (SSSR count). The van der Waals surface area contributed by atoms with Gasteiger partial charge in [-0.05, 0) is 37.1 Å². The van der Waals surface area contributed by atoms with E-state index in [-0.39, 0.29) is 15.5 Å². The zero-order chi connectivity index (χ0) is 26.0. The van der Waals surface area contributed by atoms with Crippen LogP contribution < -0.4 is 0 Å². The Kier molecular flexibility index (Phi) is 7.15. The number of halogens is 1. The van der Waals surface area contributed by atoms with E-state index in [1.54, 1.807) is 36.5 Å². The Balaban J connectivity index is 1.48. The summed E-state index contributed by atoms with van der Waals surface area (Å²) < 4.78 is 33.6. The third-order valence-electron chi connectivity index (χ3n) is 6.52. The molecular formula is C28H25ClN2O5S. The van der Waals surface area contributed by atoms with Gasteiger partial charge in [0.05, 0.1) is 10.6 Å². The number of aromatic amines is 1. The summed E-state index contributed by atoms with van der Waals surface area (Å²) in [5.41, 5.74) is 1.67. The molecule has 0 spiro atoms. The fourth-order valence-corrected chi connectivity index (χ4v) is 6.58. The zero-order valence-electron chi connectivity index (χ0n) is 19.9. The van der Waals surface area contributed by atoms with Crippen LogP contribution in [0.25, 0.3) is 10.9 Å². The molecule has 1 aliphatic heterocycles. The van der Waals surface area contributed by atoms with E-state index in [1.165, 1.54) is 22.5 Å². The van der Waals surface area contributed by atoms with Gasteiger partial charge in [0.15, 0.2) is 6.10 Å². The third-order valence-corrected chi connectivity index (χ3v) is 8.90. The summed E-state index contributed by atoms with van der Waals surface area (Å²) in [7, 11) is -3.88. The van der Waals surface area contributed by atoms with E-state index in [2.05, 4.69) is 4.98 Å². The number of ketones is 1. The molecule has 0 aliphatic carbocycles. The number of para-hydroxylation sites is 1. The minimum atomic E-state index is -3.88. The fourth-order valence-electron chi connectivity index (χ4n) is 4.56. The molecule has 0 unspecified atom stereocenters. The van der Waals surface area contributed by atoms with Crippen molar-refractivity contribution in [3.05, 3.63) is 101 Å². The lowest BCUT2D eigenvalue weighted by molar-refractivity contribution is 0.0280. The van der Waals surface area contributed by atoms with Gasteiger partial charge in [-0.1, -0.05) is 66.6 Å². The fraction of sp³-hybridized carbons (Fsp3) is 0.214. The number of piperidine rings is 1. The first-order valence-electron chi connectivity index (χ1n) is 12.0. The van der Waals surface area contributed by atoms with Gasteiger partial charge in [0.1, 0.15) is 4.90 Å². The van der Waals surface area contributed by atoms with Crippen LogP contribution in [0, 0.1) is 0 Å². The number of H-pyrrole nitrogens is 1. The molecule has 0 saturated carbocycles. The number of nitrogens with zero attached hydrogens (tertiary/aromatic N) is 1. The van der Waals surface area contributed by atoms with Crippen LogP contribution in [-0.2, 0) is 14.8 Å². The average Bonchev–Trinajstić information content (AvgIpc) is 3.36. The maximum Gasteiger partial charge on any atom is 0.339 e. The number of rotatable bonds is 7. The van der Waals surface area contributed by atoms with E-state index in [9.17, 15) is 18.0 Å². The van der Waals surface area contributed by atoms with Gasteiger partial charge < -0.3 is 9.72 Å². The highest BCUT2D eigenvalue weighted by Crippen LogP contribution is 2.31. The van der Waals surface area contributed by atoms with Crippen LogP contribution in [0.3, 0.4) is 0 Å². The van der Waals surface area contributed by atoms with Crippen LogP contribution in [-0.4, -0.2) is 42.5 Å². The molecule has 1 fully saturated rings. The predicted molar refractivity (Wildman–Crippen MR) is 141 cm³/mol. The maximum atomic E-state index is 13.7. The van der Waals surface area contributed by atoms with Crippen molar-refractivity contribution in [2.45, 2.75) is 30.3 Å². The number of esters is 1. The Morgan fingerprint density at radius 1 is 0.919 bits per heavy atom. The van der Waals surface area contributed by atoms with Gasteiger partial charge in [0.2, 0.25) is 15.8 Å². The quantitative estimate of drug-likeness (QED) is 0.239. The van der Waals surface area contributed by atoms with E-state index in [0.717, 1.165) is 24.8 Å². The number of aromatic nitrogens is 1. The molecule has 1 aliphatic rings. The number of hydrogen-bond acceptors (Lipinski definition) is 5. The molecule has 1 N–H and O–H groups in total. The first-order valence-corrected chi connectivity index (χ1v) is 13.8. The third kappa shape index (κ3) is 5.05. The van der Waals surface area contributed by atoms with Gasteiger partial charge in [-0.2, -0.15) is 4.31 Å². The van der Waals surface area contributed by atoms with Crippen molar-refractivity contribution >= 4 is 44.3 Å². The highest BCUT2D eigenvalue weighted by molar-refractivity contribution is 7.89. The molecule has 1 saturated heterocycles. The molecule has 3 aromatic carbocycles. The van der Waals surface area contributed by atoms with Crippen LogP contribution in [0.5, 0.6) is 0 Å². The Labute approximate surface area is 220 Å². The molecule has 190 valence electrons. The first-order chi connectivity index (χ1) is 17.9. The second-order valence-corrected chi connectivity index (χ2v) is 11.2. The van der Waals surface area contributed by atoms with Gasteiger partial charge in [0, 0.05) is 41.3 Å². The highest BCUT2D eigenvalue weighted by atomic mass is 35.5. The van der Waals surface area contributed by atoms with E-state index >= 15 is 0 Å². The first kappa shape index (κ1) is 25.2. The molecule has 37 heavy (non-hydrogen) atoms. The number of nitrogens with one attached hydrogen (secondary N) is 1. The number of benzene rings is 3. The Morgan fingerprint density at radius 2 is 1.62 bits per heavy atom. The molecular weight excluding hydrogens is 512 g/mol. The second kappa shape index (κ2) is 10.5. The van der Waals surface area contributed by atoms with E-state index < -0.39 is 27.9 Å². The summed E-state index contributed by atoms with van der Waals surface area (Å²) in [6.07, 6.45) is 2.88. The lowest BCUT2D eigenvalue weighted by Crippen LogP contribution is -2.35. The minimum absolute atomic E-state index is 0.00681. The van der Waals surface area contributed by atoms with Crippen molar-refractivity contribution in [3.8, 4) is 0 Å². The summed E-state index contributed by atoms with van der Waals surface area (Å²) in [5.74, 6) is -1.22. The lowest BCUT2D eigenvalue weighted by atomic mass is 9.99. The van der Waals surface area contributed by atoms with Gasteiger partial charge >= 0.3 is 5.97 Å². The minimum Gasteiger partial charge on any atom is -0.445 e. The SMILES string of the molecule is O=C(O[C@@H](C(=O)c1c[nH]c2ccccc12)c1ccccc1)c1ccc(Cl)c(S(=O)(=O)N2CCCCC2)c1. The number of sulfonamides is 1. The molecule has 4 aromatic rings. The largest absolute Gasteiger partial charge is 0.445 e. The molecule has 9 heteroatoms. The van der Waals surface area contributed by atoms with Crippen LogP contribution in [0.4, 0.5) is 0 Å². The smallest absolute Gasteiger partial charge is 0.339 e. The van der Waals surface area contributed by atoms with Crippen LogP contribution in [0.2, 0.25) is 5.02 Å². The van der Waals surface area contributed by atoms with Crippen molar-refractivity contribution in [2.75, 3.05) is 13.1 Å². The number of fused-ring (bicyclic) bond motifs is 1. The summed E-state index contributed by atoms with van der Waals surface area (Å²) in [6.45, 7) is 0.811. The molecule has 1 aromatic heterocycles.